The standard InChI is InChI=1S/C34H62/c1-22(2)21-34(13,23(3)4)33(12)19-18-32(11)28(33)24(5)20-27-30(9)16-14-25(6)29(7,8)26(30)15-17-31(27,32)10/h22-28H,14-21H2,1-13H3. The third kappa shape index (κ3) is 3.20. The average molecular weight is 471 g/mol. The first-order chi connectivity index (χ1) is 15.4. The molecule has 4 aliphatic carbocycles. The second kappa shape index (κ2) is 8.00. The molecule has 4 aliphatic rings. The van der Waals surface area contributed by atoms with Crippen LogP contribution in [-0.2, 0) is 0 Å². The van der Waals surface area contributed by atoms with Crippen LogP contribution in [0.3, 0.4) is 0 Å². The van der Waals surface area contributed by atoms with Crippen molar-refractivity contribution in [2.24, 2.45) is 73.9 Å². The molecule has 4 rings (SSSR count). The third-order valence-electron chi connectivity index (χ3n) is 15.0. The van der Waals surface area contributed by atoms with E-state index in [2.05, 4.69) is 90.0 Å². The van der Waals surface area contributed by atoms with Gasteiger partial charge < -0.3 is 0 Å². The lowest BCUT2D eigenvalue weighted by atomic mass is 9.33. The molecule has 4 fully saturated rings. The lowest BCUT2D eigenvalue weighted by Gasteiger charge is -2.72. The van der Waals surface area contributed by atoms with Crippen LogP contribution in [0.15, 0.2) is 0 Å². The minimum absolute atomic E-state index is 0.421. The van der Waals surface area contributed by atoms with Gasteiger partial charge in [-0.2, -0.15) is 0 Å². The first-order valence-corrected chi connectivity index (χ1v) is 15.4. The minimum atomic E-state index is 0.421. The number of hydrogen-bond acceptors (Lipinski definition) is 0. The van der Waals surface area contributed by atoms with Crippen molar-refractivity contribution < 1.29 is 0 Å². The van der Waals surface area contributed by atoms with Crippen molar-refractivity contribution in [2.45, 2.75) is 141 Å². The fourth-order valence-corrected chi connectivity index (χ4v) is 12.5. The first kappa shape index (κ1) is 27.0. The van der Waals surface area contributed by atoms with Crippen molar-refractivity contribution in [1.29, 1.82) is 0 Å². The third-order valence-corrected chi connectivity index (χ3v) is 15.0. The maximum atomic E-state index is 2.81. The monoisotopic (exact) mass is 470 g/mol. The molecular weight excluding hydrogens is 408 g/mol. The van der Waals surface area contributed by atoms with Crippen LogP contribution in [-0.4, -0.2) is 0 Å². The summed E-state index contributed by atoms with van der Waals surface area (Å²) in [6.45, 7) is 34.4. The predicted molar refractivity (Wildman–Crippen MR) is 150 cm³/mol. The Morgan fingerprint density at radius 3 is 1.94 bits per heavy atom. The highest BCUT2D eigenvalue weighted by molar-refractivity contribution is 5.21. The van der Waals surface area contributed by atoms with Crippen LogP contribution in [0, 0.1) is 73.9 Å². The summed E-state index contributed by atoms with van der Waals surface area (Å²) in [5.41, 5.74) is 2.88. The van der Waals surface area contributed by atoms with E-state index in [9.17, 15) is 0 Å². The summed E-state index contributed by atoms with van der Waals surface area (Å²) >= 11 is 0. The molecule has 0 nitrogen and oxygen atoms in total. The van der Waals surface area contributed by atoms with Gasteiger partial charge in [0.15, 0.2) is 0 Å². The molecule has 0 heterocycles. The molecule has 0 bridgehead atoms. The molecule has 0 amide bonds. The number of rotatable bonds is 4. The maximum absolute atomic E-state index is 2.81. The predicted octanol–water partition coefficient (Wildman–Crippen LogP) is 10.7. The van der Waals surface area contributed by atoms with Crippen LogP contribution >= 0.6 is 0 Å². The zero-order valence-corrected chi connectivity index (χ0v) is 25.7. The van der Waals surface area contributed by atoms with E-state index in [1.165, 1.54) is 51.4 Å². The van der Waals surface area contributed by atoms with Gasteiger partial charge in [-0.25, -0.2) is 0 Å². The van der Waals surface area contributed by atoms with Crippen molar-refractivity contribution in [3.05, 3.63) is 0 Å². The normalized spacial score (nSPS) is 52.1. The molecule has 0 aromatic carbocycles. The van der Waals surface area contributed by atoms with Gasteiger partial charge in [0, 0.05) is 0 Å². The molecule has 4 saturated carbocycles. The Balaban J connectivity index is 1.79. The SMILES string of the molecule is CC(C)CC(C)(C(C)C)C1(C)CCC2(C)C1C(C)CC1C3(C)CCC(C)C(C)(C)C3CCC12C. The van der Waals surface area contributed by atoms with E-state index in [0.29, 0.717) is 32.5 Å². The molecule has 10 unspecified atom stereocenters. The molecule has 0 heteroatoms. The van der Waals surface area contributed by atoms with Crippen LogP contribution in [0.5, 0.6) is 0 Å². The van der Waals surface area contributed by atoms with Gasteiger partial charge in [-0.15, -0.1) is 0 Å². The van der Waals surface area contributed by atoms with Gasteiger partial charge in [0.25, 0.3) is 0 Å². The fraction of sp³-hybridized carbons (Fsp3) is 1.00. The molecule has 10 atom stereocenters. The molecule has 0 saturated heterocycles. The zero-order chi connectivity index (χ0) is 25.7. The largest absolute Gasteiger partial charge is 0.0628 e. The van der Waals surface area contributed by atoms with Crippen LogP contribution in [0.4, 0.5) is 0 Å². The summed E-state index contributed by atoms with van der Waals surface area (Å²) in [5, 5.41) is 0. The minimum Gasteiger partial charge on any atom is -0.0628 e. The average Bonchev–Trinajstić information content (AvgIpc) is 3.01. The molecule has 0 spiro atoms. The molecule has 198 valence electrons. The van der Waals surface area contributed by atoms with Crippen LogP contribution in [0.1, 0.15) is 141 Å². The Morgan fingerprint density at radius 1 is 0.765 bits per heavy atom. The molecule has 0 aromatic rings. The Kier molecular flexibility index (Phi) is 6.36. The van der Waals surface area contributed by atoms with Gasteiger partial charge in [0.2, 0.25) is 0 Å². The van der Waals surface area contributed by atoms with Gasteiger partial charge in [0.1, 0.15) is 0 Å². The highest BCUT2D eigenvalue weighted by Crippen LogP contribution is 2.80. The van der Waals surface area contributed by atoms with E-state index in [0.717, 1.165) is 41.4 Å². The van der Waals surface area contributed by atoms with Crippen LogP contribution in [0.2, 0.25) is 0 Å². The second-order valence-electron chi connectivity index (χ2n) is 17.0. The fourth-order valence-electron chi connectivity index (χ4n) is 12.5. The number of fused-ring (bicyclic) bond motifs is 5. The Bertz CT molecular complexity index is 775. The van der Waals surface area contributed by atoms with Crippen LogP contribution in [0.25, 0.3) is 0 Å². The molecule has 0 aliphatic heterocycles. The number of hydrogen-bond donors (Lipinski definition) is 0. The summed E-state index contributed by atoms with van der Waals surface area (Å²) in [6, 6.07) is 0. The van der Waals surface area contributed by atoms with Crippen molar-refractivity contribution in [3.63, 3.8) is 0 Å². The van der Waals surface area contributed by atoms with E-state index in [1.807, 2.05) is 0 Å². The molecule has 34 heavy (non-hydrogen) atoms. The topological polar surface area (TPSA) is 0 Å². The molecule has 0 N–H and O–H groups in total. The van der Waals surface area contributed by atoms with E-state index in [1.54, 1.807) is 0 Å². The molecular formula is C34H62. The summed E-state index contributed by atoms with van der Waals surface area (Å²) in [4.78, 5) is 0. The van der Waals surface area contributed by atoms with Crippen molar-refractivity contribution in [1.82, 2.24) is 0 Å². The lowest BCUT2D eigenvalue weighted by molar-refractivity contribution is -0.236. The van der Waals surface area contributed by atoms with Gasteiger partial charge in [-0.1, -0.05) is 90.0 Å². The Hall–Kier alpha value is 0. The molecule has 0 radical (unpaired) electrons. The van der Waals surface area contributed by atoms with E-state index < -0.39 is 0 Å². The summed E-state index contributed by atoms with van der Waals surface area (Å²) in [7, 11) is 0. The summed E-state index contributed by atoms with van der Waals surface area (Å²) < 4.78 is 0. The maximum Gasteiger partial charge on any atom is -0.0233 e. The lowest BCUT2D eigenvalue weighted by Crippen LogP contribution is -2.65. The highest BCUT2D eigenvalue weighted by Gasteiger charge is 2.73. The van der Waals surface area contributed by atoms with Crippen molar-refractivity contribution in [3.8, 4) is 0 Å². The van der Waals surface area contributed by atoms with Gasteiger partial charge in [-0.05, 0) is 125 Å². The van der Waals surface area contributed by atoms with Gasteiger partial charge in [0.05, 0.1) is 0 Å². The van der Waals surface area contributed by atoms with Gasteiger partial charge in [-0.3, -0.25) is 0 Å². The zero-order valence-electron chi connectivity index (χ0n) is 25.7. The summed E-state index contributed by atoms with van der Waals surface area (Å²) in [5.74, 6) is 5.91. The molecule has 0 aromatic heterocycles. The van der Waals surface area contributed by atoms with Gasteiger partial charge >= 0.3 is 0 Å². The van der Waals surface area contributed by atoms with Crippen LogP contribution < -0.4 is 0 Å². The smallest absolute Gasteiger partial charge is 0.0233 e. The van der Waals surface area contributed by atoms with Crippen molar-refractivity contribution >= 4 is 0 Å². The Morgan fingerprint density at radius 2 is 1.38 bits per heavy atom. The first-order valence-electron chi connectivity index (χ1n) is 15.4. The Labute approximate surface area is 215 Å². The van der Waals surface area contributed by atoms with Crippen molar-refractivity contribution in [2.75, 3.05) is 0 Å². The van der Waals surface area contributed by atoms with E-state index in [4.69, 9.17) is 0 Å². The van der Waals surface area contributed by atoms with E-state index >= 15 is 0 Å². The summed E-state index contributed by atoms with van der Waals surface area (Å²) in [6.07, 6.45) is 11.7. The quantitative estimate of drug-likeness (QED) is 0.383. The second-order valence-corrected chi connectivity index (χ2v) is 17.0. The van der Waals surface area contributed by atoms with E-state index in [-0.39, 0.29) is 0 Å². The highest BCUT2D eigenvalue weighted by atomic mass is 14.8.